The predicted octanol–water partition coefficient (Wildman–Crippen LogP) is 3.96. The zero-order valence-electron chi connectivity index (χ0n) is 13.4. The monoisotopic (exact) mass is 299 g/mol. The zero-order valence-corrected chi connectivity index (χ0v) is 13.4. The van der Waals surface area contributed by atoms with Gasteiger partial charge in [-0.1, -0.05) is 45.2 Å². The molecule has 1 fully saturated rings. The molecule has 1 atom stereocenters. The second kappa shape index (κ2) is 6.51. The molecule has 4 heteroatoms. The molecule has 4 nitrogen and oxygen atoms in total. The van der Waals surface area contributed by atoms with Crippen molar-refractivity contribution in [2.45, 2.75) is 52.0 Å². The van der Waals surface area contributed by atoms with E-state index in [9.17, 15) is 4.79 Å². The highest BCUT2D eigenvalue weighted by Gasteiger charge is 2.27. The molecule has 1 amide bonds. The number of fused-ring (bicyclic) bond motifs is 1. The Kier molecular flexibility index (Phi) is 4.46. The number of nitrogens with zero attached hydrogens (tertiary/aromatic N) is 1. The highest BCUT2D eigenvalue weighted by atomic mass is 16.1. The number of rotatable bonds is 4. The SMILES string of the molecule is CC(C)[C@H](NC(=O)C1CCCCC1)c1nc2ccccc2[nH]1. The van der Waals surface area contributed by atoms with Gasteiger partial charge in [-0.15, -0.1) is 0 Å². The Balaban J connectivity index is 1.78. The molecule has 118 valence electrons. The van der Waals surface area contributed by atoms with Crippen LogP contribution in [-0.2, 0) is 4.79 Å². The summed E-state index contributed by atoms with van der Waals surface area (Å²) in [7, 11) is 0. The van der Waals surface area contributed by atoms with Gasteiger partial charge >= 0.3 is 0 Å². The van der Waals surface area contributed by atoms with E-state index in [2.05, 4.69) is 29.1 Å². The van der Waals surface area contributed by atoms with Gasteiger partial charge in [0.2, 0.25) is 5.91 Å². The molecule has 1 saturated carbocycles. The van der Waals surface area contributed by atoms with Crippen molar-refractivity contribution in [1.29, 1.82) is 0 Å². The van der Waals surface area contributed by atoms with Gasteiger partial charge in [0.15, 0.2) is 0 Å². The molecule has 2 N–H and O–H groups in total. The third kappa shape index (κ3) is 3.16. The number of benzene rings is 1. The Labute approximate surface area is 131 Å². The molecule has 0 radical (unpaired) electrons. The van der Waals surface area contributed by atoms with E-state index >= 15 is 0 Å². The zero-order chi connectivity index (χ0) is 15.5. The summed E-state index contributed by atoms with van der Waals surface area (Å²) in [6, 6.07) is 7.94. The number of aromatic amines is 1. The van der Waals surface area contributed by atoms with Crippen LogP contribution in [0.3, 0.4) is 0 Å². The molecular weight excluding hydrogens is 274 g/mol. The first-order valence-electron chi connectivity index (χ1n) is 8.40. The van der Waals surface area contributed by atoms with Crippen LogP contribution in [0.5, 0.6) is 0 Å². The second-order valence-electron chi connectivity index (χ2n) is 6.70. The molecule has 1 heterocycles. The minimum absolute atomic E-state index is 0.0539. The molecule has 0 aliphatic heterocycles. The van der Waals surface area contributed by atoms with Crippen LogP contribution in [0.2, 0.25) is 0 Å². The molecule has 1 aliphatic carbocycles. The minimum Gasteiger partial charge on any atom is -0.346 e. The number of hydrogen-bond donors (Lipinski definition) is 2. The molecule has 1 aromatic heterocycles. The normalized spacial score (nSPS) is 17.8. The molecule has 0 spiro atoms. The highest BCUT2D eigenvalue weighted by molar-refractivity contribution is 5.79. The van der Waals surface area contributed by atoms with E-state index in [1.165, 1.54) is 19.3 Å². The lowest BCUT2D eigenvalue weighted by Crippen LogP contribution is -2.37. The molecule has 3 rings (SSSR count). The third-order valence-electron chi connectivity index (χ3n) is 4.64. The number of aromatic nitrogens is 2. The highest BCUT2D eigenvalue weighted by Crippen LogP contribution is 2.27. The quantitative estimate of drug-likeness (QED) is 0.898. The van der Waals surface area contributed by atoms with Crippen molar-refractivity contribution in [3.63, 3.8) is 0 Å². The van der Waals surface area contributed by atoms with Crippen molar-refractivity contribution in [2.75, 3.05) is 0 Å². The van der Waals surface area contributed by atoms with E-state index in [-0.39, 0.29) is 17.9 Å². The van der Waals surface area contributed by atoms with Crippen LogP contribution in [0.25, 0.3) is 11.0 Å². The largest absolute Gasteiger partial charge is 0.346 e. The topological polar surface area (TPSA) is 57.8 Å². The number of nitrogens with one attached hydrogen (secondary N) is 2. The van der Waals surface area contributed by atoms with Gasteiger partial charge in [0, 0.05) is 5.92 Å². The second-order valence-corrected chi connectivity index (χ2v) is 6.70. The number of H-pyrrole nitrogens is 1. The lowest BCUT2D eigenvalue weighted by atomic mass is 9.88. The van der Waals surface area contributed by atoms with Crippen LogP contribution >= 0.6 is 0 Å². The minimum atomic E-state index is -0.0539. The number of amides is 1. The number of carbonyl (C=O) groups excluding carboxylic acids is 1. The number of carbonyl (C=O) groups is 1. The summed E-state index contributed by atoms with van der Waals surface area (Å²) in [6.45, 7) is 4.25. The molecular formula is C18H25N3O. The molecule has 0 unspecified atom stereocenters. The van der Waals surface area contributed by atoms with Crippen LogP contribution in [0.15, 0.2) is 24.3 Å². The molecule has 1 aliphatic rings. The molecule has 22 heavy (non-hydrogen) atoms. The van der Waals surface area contributed by atoms with Crippen molar-refractivity contribution in [3.8, 4) is 0 Å². The Bertz CT molecular complexity index is 608. The number of hydrogen-bond acceptors (Lipinski definition) is 2. The summed E-state index contributed by atoms with van der Waals surface area (Å²) < 4.78 is 0. The molecule has 0 saturated heterocycles. The maximum atomic E-state index is 12.5. The van der Waals surface area contributed by atoms with E-state index in [1.54, 1.807) is 0 Å². The summed E-state index contributed by atoms with van der Waals surface area (Å²) in [4.78, 5) is 20.6. The summed E-state index contributed by atoms with van der Waals surface area (Å²) in [5, 5.41) is 3.23. The lowest BCUT2D eigenvalue weighted by molar-refractivity contribution is -0.127. The van der Waals surface area contributed by atoms with E-state index < -0.39 is 0 Å². The van der Waals surface area contributed by atoms with Gasteiger partial charge in [-0.05, 0) is 30.9 Å². The summed E-state index contributed by atoms with van der Waals surface area (Å²) in [5.41, 5.74) is 1.98. The van der Waals surface area contributed by atoms with Crippen LogP contribution in [0.4, 0.5) is 0 Å². The molecule has 1 aromatic carbocycles. The standard InChI is InChI=1S/C18H25N3O/c1-12(2)16(21-18(22)13-8-4-3-5-9-13)17-19-14-10-6-7-11-15(14)20-17/h6-7,10-13,16H,3-5,8-9H2,1-2H3,(H,19,20)(H,21,22)/t16-/m0/s1. The van der Waals surface area contributed by atoms with Gasteiger partial charge in [-0.3, -0.25) is 4.79 Å². The van der Waals surface area contributed by atoms with Gasteiger partial charge < -0.3 is 10.3 Å². The van der Waals surface area contributed by atoms with Gasteiger partial charge in [0.1, 0.15) is 5.82 Å². The van der Waals surface area contributed by atoms with Gasteiger partial charge in [0.25, 0.3) is 0 Å². The maximum Gasteiger partial charge on any atom is 0.223 e. The summed E-state index contributed by atoms with van der Waals surface area (Å²) in [5.74, 6) is 1.53. The third-order valence-corrected chi connectivity index (χ3v) is 4.64. The fourth-order valence-electron chi connectivity index (χ4n) is 3.31. The summed E-state index contributed by atoms with van der Waals surface area (Å²) in [6.07, 6.45) is 5.67. The van der Waals surface area contributed by atoms with E-state index in [0.29, 0.717) is 5.92 Å². The number of para-hydroxylation sites is 2. The lowest BCUT2D eigenvalue weighted by Gasteiger charge is -2.26. The fourth-order valence-corrected chi connectivity index (χ4v) is 3.31. The Morgan fingerprint density at radius 2 is 1.95 bits per heavy atom. The Morgan fingerprint density at radius 3 is 2.64 bits per heavy atom. The first kappa shape index (κ1) is 15.1. The van der Waals surface area contributed by atoms with Crippen molar-refractivity contribution in [3.05, 3.63) is 30.1 Å². The van der Waals surface area contributed by atoms with Gasteiger partial charge in [0.05, 0.1) is 17.1 Å². The van der Waals surface area contributed by atoms with Crippen molar-refractivity contribution >= 4 is 16.9 Å². The average Bonchev–Trinajstić information content (AvgIpc) is 2.96. The van der Waals surface area contributed by atoms with Crippen molar-refractivity contribution < 1.29 is 4.79 Å². The van der Waals surface area contributed by atoms with E-state index in [4.69, 9.17) is 0 Å². The Morgan fingerprint density at radius 1 is 1.23 bits per heavy atom. The predicted molar refractivity (Wildman–Crippen MR) is 88.4 cm³/mol. The molecule has 0 bridgehead atoms. The average molecular weight is 299 g/mol. The van der Waals surface area contributed by atoms with Crippen molar-refractivity contribution in [1.82, 2.24) is 15.3 Å². The first-order chi connectivity index (χ1) is 10.6. The maximum absolute atomic E-state index is 12.5. The van der Waals surface area contributed by atoms with E-state index in [1.807, 2.05) is 24.3 Å². The van der Waals surface area contributed by atoms with Gasteiger partial charge in [-0.25, -0.2) is 4.98 Å². The van der Waals surface area contributed by atoms with Gasteiger partial charge in [-0.2, -0.15) is 0 Å². The van der Waals surface area contributed by atoms with Crippen molar-refractivity contribution in [2.24, 2.45) is 11.8 Å². The Hall–Kier alpha value is -1.84. The summed E-state index contributed by atoms with van der Waals surface area (Å²) >= 11 is 0. The van der Waals surface area contributed by atoms with Crippen LogP contribution < -0.4 is 5.32 Å². The smallest absolute Gasteiger partial charge is 0.223 e. The van der Waals surface area contributed by atoms with Crippen LogP contribution in [0, 0.1) is 11.8 Å². The fraction of sp³-hybridized carbons (Fsp3) is 0.556. The van der Waals surface area contributed by atoms with E-state index in [0.717, 1.165) is 29.7 Å². The first-order valence-corrected chi connectivity index (χ1v) is 8.40. The van der Waals surface area contributed by atoms with Crippen LogP contribution in [-0.4, -0.2) is 15.9 Å². The molecule has 2 aromatic rings. The number of imidazole rings is 1. The van der Waals surface area contributed by atoms with Crippen LogP contribution in [0.1, 0.15) is 57.8 Å².